The summed E-state index contributed by atoms with van der Waals surface area (Å²) in [6.07, 6.45) is 0. The number of hydrogen-bond acceptors (Lipinski definition) is 2. The summed E-state index contributed by atoms with van der Waals surface area (Å²) >= 11 is 10.3. The van der Waals surface area contributed by atoms with Crippen molar-refractivity contribution in [1.29, 1.82) is 0 Å². The van der Waals surface area contributed by atoms with Crippen molar-refractivity contribution in [2.45, 2.75) is 11.8 Å². The van der Waals surface area contributed by atoms with E-state index in [9.17, 15) is 8.42 Å². The Morgan fingerprint density at radius 3 is 1.93 bits per heavy atom. The molecule has 0 fully saturated rings. The van der Waals surface area contributed by atoms with Crippen LogP contribution in [0, 0.1) is 6.92 Å². The summed E-state index contributed by atoms with van der Waals surface area (Å²) in [4.78, 5) is 0.0723. The Bertz CT molecular complexity index is 391. The van der Waals surface area contributed by atoms with E-state index < -0.39 is 10.0 Å². The molecule has 0 aliphatic heterocycles. The Balaban J connectivity index is 0.00000169. The molecule has 0 aliphatic carbocycles. The number of halogens is 2. The van der Waals surface area contributed by atoms with Gasteiger partial charge >= 0.3 is 29.6 Å². The molecule has 74 valence electrons. The molecule has 14 heavy (non-hydrogen) atoms. The third kappa shape index (κ3) is 3.38. The van der Waals surface area contributed by atoms with E-state index in [1.165, 1.54) is 12.1 Å². The predicted molar refractivity (Wildman–Crippen MR) is 59.1 cm³/mol. The second-order valence-electron chi connectivity index (χ2n) is 2.49. The maximum atomic E-state index is 11.3. The summed E-state index contributed by atoms with van der Waals surface area (Å²) in [5, 5.41) is 0. The Hall–Kier alpha value is 0.710. The van der Waals surface area contributed by atoms with Crippen molar-refractivity contribution in [2.24, 2.45) is 0 Å². The molecular formula is C7H8Cl2NNaO2S. The van der Waals surface area contributed by atoms with E-state index in [-0.39, 0.29) is 37.8 Å². The molecule has 0 amide bonds. The molecule has 0 unspecified atom stereocenters. The quantitative estimate of drug-likeness (QED) is 0.601. The van der Waals surface area contributed by atoms with Crippen LogP contribution in [0.3, 0.4) is 0 Å². The van der Waals surface area contributed by atoms with Gasteiger partial charge in [-0.15, -0.1) is 0 Å². The van der Waals surface area contributed by atoms with Crippen LogP contribution in [0.2, 0.25) is 0 Å². The number of aryl methyl sites for hydroxylation is 1. The minimum absolute atomic E-state index is 0. The Kier molecular flexibility index (Phi) is 5.99. The Morgan fingerprint density at radius 2 is 1.57 bits per heavy atom. The van der Waals surface area contributed by atoms with Gasteiger partial charge in [0.25, 0.3) is 10.0 Å². The Labute approximate surface area is 116 Å². The van der Waals surface area contributed by atoms with E-state index in [1.54, 1.807) is 12.1 Å². The molecule has 0 aliphatic rings. The predicted octanol–water partition coefficient (Wildman–Crippen LogP) is 1.64. The topological polar surface area (TPSA) is 37.4 Å². The summed E-state index contributed by atoms with van der Waals surface area (Å²) in [6.45, 7) is 1.86. The van der Waals surface area contributed by atoms with Crippen LogP contribution >= 0.6 is 23.6 Å². The second-order valence-corrected chi connectivity index (χ2v) is 5.53. The molecule has 0 N–H and O–H groups in total. The molecule has 1 rings (SSSR count). The number of nitrogens with zero attached hydrogens (tertiary/aromatic N) is 1. The van der Waals surface area contributed by atoms with Gasteiger partial charge in [0.1, 0.15) is 0 Å². The van der Waals surface area contributed by atoms with Crippen molar-refractivity contribution in [3.63, 3.8) is 0 Å². The summed E-state index contributed by atoms with van der Waals surface area (Å²) in [7, 11) is -3.73. The number of sulfonamides is 1. The molecule has 0 heterocycles. The van der Waals surface area contributed by atoms with Crippen molar-refractivity contribution in [1.82, 2.24) is 3.34 Å². The fraction of sp³-hybridized carbons (Fsp3) is 0.143. The van der Waals surface area contributed by atoms with E-state index >= 15 is 0 Å². The normalized spacial score (nSPS) is 11.1. The van der Waals surface area contributed by atoms with Crippen LogP contribution < -0.4 is 0 Å². The van der Waals surface area contributed by atoms with Crippen LogP contribution in [0.25, 0.3) is 0 Å². The first-order valence-electron chi connectivity index (χ1n) is 3.38. The standard InChI is InChI=1S/C7H7Cl2NO2S.Na.H/c1-6-2-4-7(5-3-6)13(11,12)10(8)9;;/h2-5H,1H3;;. The van der Waals surface area contributed by atoms with E-state index in [4.69, 9.17) is 23.6 Å². The first-order valence-corrected chi connectivity index (χ1v) is 5.50. The maximum absolute atomic E-state index is 11.3. The molecule has 0 aromatic heterocycles. The van der Waals surface area contributed by atoms with E-state index in [0.29, 0.717) is 0 Å². The summed E-state index contributed by atoms with van der Waals surface area (Å²) in [6, 6.07) is 6.24. The summed E-state index contributed by atoms with van der Waals surface area (Å²) < 4.78 is 22.8. The van der Waals surface area contributed by atoms with Gasteiger partial charge in [0, 0.05) is 23.6 Å². The van der Waals surface area contributed by atoms with Crippen molar-refractivity contribution in [2.75, 3.05) is 0 Å². The third-order valence-electron chi connectivity index (χ3n) is 1.50. The summed E-state index contributed by atoms with van der Waals surface area (Å²) in [5.74, 6) is 0. The van der Waals surface area contributed by atoms with Gasteiger partial charge in [-0.3, -0.25) is 0 Å². The first kappa shape index (κ1) is 14.7. The van der Waals surface area contributed by atoms with Crippen molar-refractivity contribution in [3.05, 3.63) is 29.8 Å². The number of benzene rings is 1. The van der Waals surface area contributed by atoms with Gasteiger partial charge in [0.05, 0.1) is 4.90 Å². The van der Waals surface area contributed by atoms with Crippen LogP contribution in [-0.2, 0) is 10.0 Å². The molecule has 1 aromatic carbocycles. The molecule has 0 spiro atoms. The fourth-order valence-corrected chi connectivity index (χ4v) is 1.91. The molecule has 7 heteroatoms. The van der Waals surface area contributed by atoms with E-state index in [2.05, 4.69) is 0 Å². The first-order chi connectivity index (χ1) is 5.94. The molecule has 0 atom stereocenters. The molecule has 0 saturated carbocycles. The average molecular weight is 264 g/mol. The van der Waals surface area contributed by atoms with Crippen LogP contribution in [0.4, 0.5) is 0 Å². The van der Waals surface area contributed by atoms with Crippen molar-refractivity contribution < 1.29 is 8.42 Å². The zero-order valence-electron chi connectivity index (χ0n) is 6.74. The molecule has 0 radical (unpaired) electrons. The van der Waals surface area contributed by atoms with Gasteiger partial charge in [0.15, 0.2) is 0 Å². The number of hydrogen-bond donors (Lipinski definition) is 0. The van der Waals surface area contributed by atoms with Crippen LogP contribution in [0.15, 0.2) is 29.2 Å². The fourth-order valence-electron chi connectivity index (χ4n) is 0.790. The van der Waals surface area contributed by atoms with Crippen LogP contribution in [-0.4, -0.2) is 41.3 Å². The third-order valence-corrected chi connectivity index (χ3v) is 3.82. The van der Waals surface area contributed by atoms with Gasteiger partial charge in [-0.25, -0.2) is 8.42 Å². The number of rotatable bonds is 2. The van der Waals surface area contributed by atoms with Crippen molar-refractivity contribution in [3.8, 4) is 0 Å². The molecule has 0 bridgehead atoms. The van der Waals surface area contributed by atoms with Crippen molar-refractivity contribution >= 4 is 63.1 Å². The zero-order chi connectivity index (χ0) is 10.1. The van der Waals surface area contributed by atoms with E-state index in [1.807, 2.05) is 6.92 Å². The molecular weight excluding hydrogens is 256 g/mol. The molecule has 0 saturated heterocycles. The SMILES string of the molecule is Cc1ccc(S(=O)(=O)N(Cl)Cl)cc1.[NaH]. The monoisotopic (exact) mass is 263 g/mol. The average Bonchev–Trinajstić information content (AvgIpc) is 2.04. The molecule has 3 nitrogen and oxygen atoms in total. The van der Waals surface area contributed by atoms with Gasteiger partial charge in [-0.2, -0.15) is 0 Å². The Morgan fingerprint density at radius 1 is 1.14 bits per heavy atom. The van der Waals surface area contributed by atoms with E-state index in [0.717, 1.165) is 5.56 Å². The minimum atomic E-state index is -3.73. The van der Waals surface area contributed by atoms with Crippen LogP contribution in [0.1, 0.15) is 5.56 Å². The van der Waals surface area contributed by atoms with Crippen LogP contribution in [0.5, 0.6) is 0 Å². The van der Waals surface area contributed by atoms with Gasteiger partial charge in [-0.05, 0) is 22.4 Å². The summed E-state index contributed by atoms with van der Waals surface area (Å²) in [5.41, 5.74) is 0.967. The van der Waals surface area contributed by atoms with Gasteiger partial charge in [-0.1, -0.05) is 17.7 Å². The van der Waals surface area contributed by atoms with Gasteiger partial charge in [0.2, 0.25) is 0 Å². The zero-order valence-corrected chi connectivity index (χ0v) is 9.07. The molecule has 1 aromatic rings. The van der Waals surface area contributed by atoms with Gasteiger partial charge < -0.3 is 0 Å². The second kappa shape index (κ2) is 5.70.